The van der Waals surface area contributed by atoms with E-state index in [9.17, 15) is 9.59 Å². The number of hydrogen-bond acceptors (Lipinski definition) is 9. The second-order valence-corrected chi connectivity index (χ2v) is 11.5. The molecule has 3 atom stereocenters. The van der Waals surface area contributed by atoms with Crippen LogP contribution in [0.4, 0.5) is 5.69 Å². The number of ether oxygens (including phenoxy) is 2. The molecule has 0 bridgehead atoms. The molecule has 0 unspecified atom stereocenters. The summed E-state index contributed by atoms with van der Waals surface area (Å²) in [7, 11) is 3.43. The Bertz CT molecular complexity index is 1480. The minimum atomic E-state index is -0.330. The van der Waals surface area contributed by atoms with E-state index in [-0.39, 0.29) is 29.9 Å². The highest BCUT2D eigenvalue weighted by Crippen LogP contribution is 2.28. The van der Waals surface area contributed by atoms with Crippen molar-refractivity contribution < 1.29 is 19.1 Å². The van der Waals surface area contributed by atoms with Crippen LogP contribution in [-0.2, 0) is 11.3 Å². The molecule has 2 amide bonds. The molecule has 0 spiro atoms. The van der Waals surface area contributed by atoms with Gasteiger partial charge >= 0.3 is 0 Å². The predicted octanol–water partition coefficient (Wildman–Crippen LogP) is 4.34. The van der Waals surface area contributed by atoms with E-state index in [4.69, 9.17) is 9.47 Å². The Kier molecular flexibility index (Phi) is 8.87. The molecule has 0 saturated heterocycles. The van der Waals surface area contributed by atoms with Crippen molar-refractivity contribution in [3.8, 4) is 5.75 Å². The molecule has 1 N–H and O–H groups in total. The second-order valence-electron chi connectivity index (χ2n) is 10.4. The van der Waals surface area contributed by atoms with Crippen molar-refractivity contribution in [1.82, 2.24) is 24.8 Å². The molecule has 0 radical (unpaired) electrons. The number of carbonyl (C=O) groups is 2. The third-order valence-electron chi connectivity index (χ3n) is 7.32. The van der Waals surface area contributed by atoms with Crippen LogP contribution in [0.5, 0.6) is 5.75 Å². The van der Waals surface area contributed by atoms with E-state index in [0.717, 1.165) is 22.3 Å². The highest BCUT2D eigenvalue weighted by molar-refractivity contribution is 7.20. The van der Waals surface area contributed by atoms with Gasteiger partial charge < -0.3 is 19.7 Å². The van der Waals surface area contributed by atoms with Crippen molar-refractivity contribution in [3.63, 3.8) is 0 Å². The SMILES string of the molecule is CO[C@H]1CN(C)C(=O)c2cc(NC(=O)c3nc4ccccc4s3)ccc2OC[C@H](C)N(Cc2cncnc2)C[C@@H]1C. The van der Waals surface area contributed by atoms with Gasteiger partial charge in [-0.3, -0.25) is 14.5 Å². The van der Waals surface area contributed by atoms with E-state index in [0.29, 0.717) is 41.7 Å². The van der Waals surface area contributed by atoms with Gasteiger partial charge in [0.15, 0.2) is 5.01 Å². The second kappa shape index (κ2) is 12.7. The first-order valence-corrected chi connectivity index (χ1v) is 14.3. The maximum atomic E-state index is 13.7. The number of fused-ring (bicyclic) bond motifs is 2. The predicted molar refractivity (Wildman–Crippen MR) is 158 cm³/mol. The molecule has 214 valence electrons. The third kappa shape index (κ3) is 6.70. The summed E-state index contributed by atoms with van der Waals surface area (Å²) in [5, 5.41) is 3.25. The normalized spacial score (nSPS) is 20.5. The van der Waals surface area contributed by atoms with E-state index < -0.39 is 0 Å². The molecule has 0 saturated carbocycles. The molecule has 11 heteroatoms. The van der Waals surface area contributed by atoms with Crippen LogP contribution in [0.3, 0.4) is 0 Å². The van der Waals surface area contributed by atoms with Gasteiger partial charge in [0.25, 0.3) is 11.8 Å². The smallest absolute Gasteiger partial charge is 0.284 e. The van der Waals surface area contributed by atoms with Crippen LogP contribution >= 0.6 is 11.3 Å². The van der Waals surface area contributed by atoms with Crippen LogP contribution in [0.25, 0.3) is 10.2 Å². The van der Waals surface area contributed by atoms with Gasteiger partial charge in [0.05, 0.1) is 21.9 Å². The van der Waals surface area contributed by atoms with Crippen molar-refractivity contribution in [1.29, 1.82) is 0 Å². The molecule has 41 heavy (non-hydrogen) atoms. The van der Waals surface area contributed by atoms with Gasteiger partial charge in [0.1, 0.15) is 18.7 Å². The number of likely N-dealkylation sites (N-methyl/N-ethyl adjacent to an activating group) is 1. The first-order valence-electron chi connectivity index (χ1n) is 13.5. The van der Waals surface area contributed by atoms with Crippen molar-refractivity contribution >= 4 is 39.1 Å². The average molecular weight is 575 g/mol. The molecule has 0 fully saturated rings. The van der Waals surface area contributed by atoms with E-state index >= 15 is 0 Å². The quantitative estimate of drug-likeness (QED) is 0.375. The summed E-state index contributed by atoms with van der Waals surface area (Å²) >= 11 is 1.32. The van der Waals surface area contributed by atoms with Crippen LogP contribution in [0.2, 0.25) is 0 Å². The minimum Gasteiger partial charge on any atom is -0.491 e. The van der Waals surface area contributed by atoms with Gasteiger partial charge in [-0.1, -0.05) is 19.1 Å². The summed E-state index contributed by atoms with van der Waals surface area (Å²) in [6.07, 6.45) is 4.98. The van der Waals surface area contributed by atoms with Crippen molar-refractivity contribution in [2.24, 2.45) is 5.92 Å². The molecule has 5 rings (SSSR count). The highest BCUT2D eigenvalue weighted by Gasteiger charge is 2.29. The van der Waals surface area contributed by atoms with Crippen molar-refractivity contribution in [3.05, 3.63) is 77.3 Å². The molecule has 3 heterocycles. The molecule has 0 aliphatic carbocycles. The number of thiazole rings is 1. The Hall–Kier alpha value is -3.93. The Morgan fingerprint density at radius 2 is 1.93 bits per heavy atom. The molecular formula is C30H34N6O4S. The lowest BCUT2D eigenvalue weighted by atomic mass is 10.0. The number of hydrogen-bond donors (Lipinski definition) is 1. The van der Waals surface area contributed by atoms with Gasteiger partial charge in [-0.15, -0.1) is 11.3 Å². The van der Waals surface area contributed by atoms with Crippen LogP contribution in [0.15, 0.2) is 61.2 Å². The van der Waals surface area contributed by atoms with Crippen LogP contribution in [-0.4, -0.2) is 82.6 Å². The van der Waals surface area contributed by atoms with E-state index in [1.54, 1.807) is 37.3 Å². The zero-order valence-electron chi connectivity index (χ0n) is 23.6. The van der Waals surface area contributed by atoms with E-state index in [2.05, 4.69) is 39.0 Å². The van der Waals surface area contributed by atoms with Gasteiger partial charge in [0.2, 0.25) is 0 Å². The Labute approximate surface area is 243 Å². The zero-order chi connectivity index (χ0) is 28.9. The lowest BCUT2D eigenvalue weighted by Gasteiger charge is -2.36. The molecular weight excluding hydrogens is 540 g/mol. The maximum Gasteiger partial charge on any atom is 0.284 e. The topological polar surface area (TPSA) is 110 Å². The summed E-state index contributed by atoms with van der Waals surface area (Å²) < 4.78 is 13.1. The molecule has 10 nitrogen and oxygen atoms in total. The first kappa shape index (κ1) is 28.6. The molecule has 1 aliphatic rings. The van der Waals surface area contributed by atoms with Crippen molar-refractivity contribution in [2.45, 2.75) is 32.5 Å². The largest absolute Gasteiger partial charge is 0.491 e. The maximum absolute atomic E-state index is 13.7. The van der Waals surface area contributed by atoms with Gasteiger partial charge in [0, 0.05) is 63.5 Å². The van der Waals surface area contributed by atoms with E-state index in [1.807, 2.05) is 36.7 Å². The standard InChI is InChI=1S/C30H34N6O4S/c1-19-14-36(15-21-12-31-18-32-13-21)20(2)17-40-25-10-9-22(11-23(25)30(38)35(3)16-26(19)39-4)33-28(37)29-34-24-7-5-6-8-27(24)41-29/h5-13,18-20,26H,14-17H2,1-4H3,(H,33,37)/t19-,20-,26-/m0/s1. The molecule has 2 aromatic heterocycles. The van der Waals surface area contributed by atoms with Gasteiger partial charge in [-0.05, 0) is 43.2 Å². The Morgan fingerprint density at radius 3 is 2.68 bits per heavy atom. The number of aromatic nitrogens is 3. The number of nitrogens with one attached hydrogen (secondary N) is 1. The molecule has 4 aromatic rings. The summed E-state index contributed by atoms with van der Waals surface area (Å²) in [6.45, 7) is 6.39. The lowest BCUT2D eigenvalue weighted by molar-refractivity contribution is 0.00918. The fraction of sp³-hybridized carbons (Fsp3) is 0.367. The van der Waals surface area contributed by atoms with Crippen molar-refractivity contribution in [2.75, 3.05) is 39.2 Å². The number of carbonyl (C=O) groups excluding carboxylic acids is 2. The first-order chi connectivity index (χ1) is 19.8. The zero-order valence-corrected chi connectivity index (χ0v) is 24.4. The number of anilines is 1. The number of methoxy groups -OCH3 is 1. The monoisotopic (exact) mass is 574 g/mol. The highest BCUT2D eigenvalue weighted by atomic mass is 32.1. The third-order valence-corrected chi connectivity index (χ3v) is 8.35. The summed E-state index contributed by atoms with van der Waals surface area (Å²) in [4.78, 5) is 43.4. The van der Waals surface area contributed by atoms with Crippen LogP contribution < -0.4 is 10.1 Å². The van der Waals surface area contributed by atoms with Gasteiger partial charge in [-0.25, -0.2) is 15.0 Å². The fourth-order valence-electron chi connectivity index (χ4n) is 4.95. The number of para-hydroxylation sites is 1. The van der Waals surface area contributed by atoms with Crippen LogP contribution in [0, 0.1) is 5.92 Å². The Morgan fingerprint density at radius 1 is 1.15 bits per heavy atom. The summed E-state index contributed by atoms with van der Waals surface area (Å²) in [5.41, 5.74) is 2.64. The average Bonchev–Trinajstić information content (AvgIpc) is 3.43. The Balaban J connectivity index is 1.41. The lowest BCUT2D eigenvalue weighted by Crippen LogP contribution is -2.46. The number of amides is 2. The summed E-state index contributed by atoms with van der Waals surface area (Å²) in [5.74, 6) is 0.0400. The van der Waals surface area contributed by atoms with Gasteiger partial charge in [-0.2, -0.15) is 0 Å². The van der Waals surface area contributed by atoms with E-state index in [1.165, 1.54) is 17.7 Å². The van der Waals surface area contributed by atoms with Crippen LogP contribution in [0.1, 0.15) is 39.6 Å². The number of nitrogens with zero attached hydrogens (tertiary/aromatic N) is 5. The fourth-order valence-corrected chi connectivity index (χ4v) is 5.81. The minimum absolute atomic E-state index is 0.0219. The number of benzene rings is 2. The molecule has 2 aromatic carbocycles. The summed E-state index contributed by atoms with van der Waals surface area (Å²) in [6, 6.07) is 12.8. The number of rotatable bonds is 5. The molecule has 1 aliphatic heterocycles.